The number of amides is 1. The summed E-state index contributed by atoms with van der Waals surface area (Å²) in [5.74, 6) is 0.190. The van der Waals surface area contributed by atoms with Gasteiger partial charge in [-0.25, -0.2) is 10.4 Å². The van der Waals surface area contributed by atoms with Gasteiger partial charge in [0.2, 0.25) is 5.91 Å². The van der Waals surface area contributed by atoms with Crippen LogP contribution in [0.1, 0.15) is 16.7 Å². The highest BCUT2D eigenvalue weighted by molar-refractivity contribution is 8.14. The number of para-hydroxylation sites is 1. The molecule has 0 aliphatic carbocycles. The minimum atomic E-state index is -0.127. The van der Waals surface area contributed by atoms with E-state index in [1.54, 1.807) is 6.21 Å². The minimum absolute atomic E-state index is 0.127. The Bertz CT molecular complexity index is 783. The minimum Gasteiger partial charge on any atom is -0.272 e. The summed E-state index contributed by atoms with van der Waals surface area (Å²) in [5.41, 5.74) is 6.90. The Morgan fingerprint density at radius 1 is 1.30 bits per heavy atom. The number of rotatable bonds is 4. The maximum atomic E-state index is 11.8. The van der Waals surface area contributed by atoms with Crippen molar-refractivity contribution >= 4 is 34.6 Å². The molecule has 1 N–H and O–H groups in total. The number of carbonyl (C=O) groups excluding carboxylic acids is 1. The average Bonchev–Trinajstić information content (AvgIpc) is 2.96. The van der Waals surface area contributed by atoms with Crippen LogP contribution < -0.4 is 5.43 Å². The van der Waals surface area contributed by atoms with Crippen molar-refractivity contribution in [2.75, 3.05) is 5.75 Å². The summed E-state index contributed by atoms with van der Waals surface area (Å²) in [7, 11) is 0. The molecule has 0 radical (unpaired) electrons. The van der Waals surface area contributed by atoms with Crippen LogP contribution in [0.4, 0.5) is 5.69 Å². The number of aliphatic imine (C=N–C) groups is 1. The molecule has 5 heteroatoms. The van der Waals surface area contributed by atoms with E-state index in [9.17, 15) is 4.79 Å². The van der Waals surface area contributed by atoms with E-state index in [2.05, 4.69) is 21.6 Å². The maximum absolute atomic E-state index is 11.8. The van der Waals surface area contributed by atoms with Gasteiger partial charge in [0.25, 0.3) is 0 Å². The lowest BCUT2D eigenvalue weighted by molar-refractivity contribution is -0.118. The van der Waals surface area contributed by atoms with E-state index in [4.69, 9.17) is 0 Å². The Morgan fingerprint density at radius 2 is 2.17 bits per heavy atom. The van der Waals surface area contributed by atoms with Gasteiger partial charge >= 0.3 is 0 Å². The van der Waals surface area contributed by atoms with Gasteiger partial charge in [0.1, 0.15) is 0 Å². The molecule has 2 aromatic carbocycles. The number of carbonyl (C=O) groups is 1. The zero-order valence-corrected chi connectivity index (χ0v) is 13.6. The first kappa shape index (κ1) is 15.5. The second-order valence-corrected chi connectivity index (χ2v) is 6.36. The predicted octanol–water partition coefficient (Wildman–Crippen LogP) is 3.46. The number of thioether (sulfide) groups is 1. The van der Waals surface area contributed by atoms with Crippen LogP contribution in [0.3, 0.4) is 0 Å². The number of hydrazone groups is 1. The lowest BCUT2D eigenvalue weighted by Gasteiger charge is -2.00. The van der Waals surface area contributed by atoms with E-state index < -0.39 is 0 Å². The van der Waals surface area contributed by atoms with Crippen molar-refractivity contribution in [1.82, 2.24) is 5.43 Å². The number of aryl methyl sites for hydroxylation is 1. The van der Waals surface area contributed by atoms with Crippen LogP contribution in [-0.4, -0.2) is 22.9 Å². The first-order chi connectivity index (χ1) is 11.2. The number of nitrogens with zero attached hydrogens (tertiary/aromatic N) is 2. The highest BCUT2D eigenvalue weighted by Gasteiger charge is 2.15. The number of hydrogen-bond donors (Lipinski definition) is 1. The Kier molecular flexibility index (Phi) is 4.88. The fraction of sp³-hybridized carbons (Fsp3) is 0.167. The highest BCUT2D eigenvalue weighted by atomic mass is 32.2. The second kappa shape index (κ2) is 7.24. The van der Waals surface area contributed by atoms with E-state index in [-0.39, 0.29) is 5.91 Å². The van der Waals surface area contributed by atoms with E-state index in [1.807, 2.05) is 49.4 Å². The summed E-state index contributed by atoms with van der Waals surface area (Å²) < 4.78 is 0. The monoisotopic (exact) mass is 323 g/mol. The fourth-order valence-corrected chi connectivity index (χ4v) is 3.08. The molecule has 1 amide bonds. The van der Waals surface area contributed by atoms with Crippen molar-refractivity contribution in [3.63, 3.8) is 0 Å². The summed E-state index contributed by atoms with van der Waals surface area (Å²) >= 11 is 1.46. The zero-order valence-electron chi connectivity index (χ0n) is 12.8. The van der Waals surface area contributed by atoms with E-state index in [0.29, 0.717) is 5.75 Å². The van der Waals surface area contributed by atoms with Crippen molar-refractivity contribution in [3.8, 4) is 0 Å². The molecule has 0 bridgehead atoms. The summed E-state index contributed by atoms with van der Waals surface area (Å²) in [6, 6.07) is 16.0. The molecule has 3 rings (SSSR count). The summed E-state index contributed by atoms with van der Waals surface area (Å²) in [6.07, 6.45) is 2.46. The van der Waals surface area contributed by atoms with Crippen molar-refractivity contribution in [1.29, 1.82) is 0 Å². The lowest BCUT2D eigenvalue weighted by atomic mass is 10.2. The highest BCUT2D eigenvalue weighted by Crippen LogP contribution is 2.29. The second-order valence-electron chi connectivity index (χ2n) is 5.31. The molecule has 1 aliphatic rings. The third-order valence-electron chi connectivity index (χ3n) is 3.39. The lowest BCUT2D eigenvalue weighted by Crippen LogP contribution is -2.20. The maximum Gasteiger partial charge on any atom is 0.250 e. The molecule has 0 saturated carbocycles. The molecule has 4 nitrogen and oxygen atoms in total. The van der Waals surface area contributed by atoms with Crippen molar-refractivity contribution in [2.24, 2.45) is 10.1 Å². The molecule has 0 saturated heterocycles. The number of nitrogens with one attached hydrogen (secondary N) is 1. The Morgan fingerprint density at radius 3 is 3.00 bits per heavy atom. The summed E-state index contributed by atoms with van der Waals surface area (Å²) in [6.45, 7) is 2.02. The molecular weight excluding hydrogens is 306 g/mol. The summed E-state index contributed by atoms with van der Waals surface area (Å²) in [5, 5.41) is 4.97. The smallest absolute Gasteiger partial charge is 0.250 e. The van der Waals surface area contributed by atoms with Gasteiger partial charge in [-0.1, -0.05) is 48.0 Å². The van der Waals surface area contributed by atoms with Crippen LogP contribution in [0, 0.1) is 6.92 Å². The fourth-order valence-electron chi connectivity index (χ4n) is 2.30. The van der Waals surface area contributed by atoms with Gasteiger partial charge in [0, 0.05) is 6.42 Å². The Labute approximate surface area is 139 Å². The molecule has 0 atom stereocenters. The topological polar surface area (TPSA) is 53.8 Å². The van der Waals surface area contributed by atoms with Crippen molar-refractivity contribution < 1.29 is 4.79 Å². The van der Waals surface area contributed by atoms with Crippen LogP contribution in [0.5, 0.6) is 0 Å². The van der Waals surface area contributed by atoms with Crippen LogP contribution in [0.25, 0.3) is 0 Å². The Balaban J connectivity index is 1.46. The number of hydrogen-bond acceptors (Lipinski definition) is 4. The predicted molar refractivity (Wildman–Crippen MR) is 96.6 cm³/mol. The first-order valence-electron chi connectivity index (χ1n) is 7.37. The van der Waals surface area contributed by atoms with Crippen LogP contribution in [-0.2, 0) is 11.2 Å². The average molecular weight is 323 g/mol. The molecule has 2 aromatic rings. The summed E-state index contributed by atoms with van der Waals surface area (Å²) in [4.78, 5) is 16.4. The van der Waals surface area contributed by atoms with Gasteiger partial charge in [-0.05, 0) is 24.1 Å². The molecule has 0 fully saturated rings. The van der Waals surface area contributed by atoms with E-state index >= 15 is 0 Å². The van der Waals surface area contributed by atoms with Crippen LogP contribution in [0.2, 0.25) is 0 Å². The van der Waals surface area contributed by atoms with Crippen molar-refractivity contribution in [2.45, 2.75) is 13.3 Å². The third-order valence-corrected chi connectivity index (χ3v) is 4.37. The zero-order chi connectivity index (χ0) is 16.1. The van der Waals surface area contributed by atoms with Gasteiger partial charge in [-0.2, -0.15) is 5.10 Å². The molecule has 0 spiro atoms. The van der Waals surface area contributed by atoms with Crippen molar-refractivity contribution in [3.05, 3.63) is 65.2 Å². The number of benzene rings is 2. The van der Waals surface area contributed by atoms with Gasteiger partial charge in [0.15, 0.2) is 0 Å². The third kappa shape index (κ3) is 4.29. The molecular formula is C18H17N3OS. The molecule has 0 aromatic heterocycles. The SMILES string of the molecule is Cc1cccc(/C=N/NC(=O)CSC2=Nc3ccccc3C2)c1. The Hall–Kier alpha value is -2.40. The molecule has 1 aliphatic heterocycles. The molecule has 1 heterocycles. The van der Waals surface area contributed by atoms with E-state index in [0.717, 1.165) is 28.3 Å². The van der Waals surface area contributed by atoms with Gasteiger partial charge in [-0.3, -0.25) is 4.79 Å². The standard InChI is InChI=1S/C18H17N3OS/c1-13-5-4-6-14(9-13)11-19-21-17(22)12-23-18-10-15-7-2-3-8-16(15)20-18/h2-9,11H,10,12H2,1H3,(H,21,22)/b19-11+. The van der Waals surface area contributed by atoms with Gasteiger partial charge in [-0.15, -0.1) is 11.8 Å². The quantitative estimate of drug-likeness (QED) is 0.692. The van der Waals surface area contributed by atoms with Crippen LogP contribution >= 0.6 is 11.8 Å². The largest absolute Gasteiger partial charge is 0.272 e. The first-order valence-corrected chi connectivity index (χ1v) is 8.36. The number of fused-ring (bicyclic) bond motifs is 1. The molecule has 116 valence electrons. The van der Waals surface area contributed by atoms with E-state index in [1.165, 1.54) is 17.3 Å². The van der Waals surface area contributed by atoms with Gasteiger partial charge < -0.3 is 0 Å². The van der Waals surface area contributed by atoms with Crippen LogP contribution in [0.15, 0.2) is 58.6 Å². The molecule has 23 heavy (non-hydrogen) atoms. The normalized spacial score (nSPS) is 13.0. The molecule has 0 unspecified atom stereocenters. The van der Waals surface area contributed by atoms with Gasteiger partial charge in [0.05, 0.1) is 22.7 Å².